The lowest BCUT2D eigenvalue weighted by Gasteiger charge is -2.07. The number of rotatable bonds is 5. The summed E-state index contributed by atoms with van der Waals surface area (Å²) in [6.07, 6.45) is 2.97. The van der Waals surface area contributed by atoms with Crippen molar-refractivity contribution in [1.82, 2.24) is 4.98 Å². The third-order valence-corrected chi connectivity index (χ3v) is 2.99. The van der Waals surface area contributed by atoms with Crippen LogP contribution in [-0.2, 0) is 12.8 Å². The van der Waals surface area contributed by atoms with Crippen molar-refractivity contribution in [1.29, 1.82) is 0 Å². The maximum Gasteiger partial charge on any atom is 0.512 e. The van der Waals surface area contributed by atoms with E-state index in [1.165, 1.54) is 11.8 Å². The summed E-state index contributed by atoms with van der Waals surface area (Å²) in [5.41, 5.74) is 3.18. The minimum atomic E-state index is -1.34. The summed E-state index contributed by atoms with van der Waals surface area (Å²) >= 11 is 0. The Hall–Kier alpha value is -2.36. The van der Waals surface area contributed by atoms with E-state index in [-0.39, 0.29) is 5.88 Å². The maximum atomic E-state index is 10.6. The Morgan fingerprint density at radius 2 is 1.90 bits per heavy atom. The molecule has 1 heterocycles. The van der Waals surface area contributed by atoms with Crippen LogP contribution in [0.1, 0.15) is 30.0 Å². The molecule has 1 N–H and O–H groups in total. The molecule has 0 amide bonds. The lowest BCUT2D eigenvalue weighted by Crippen LogP contribution is -2.07. The molecule has 104 valence electrons. The predicted molar refractivity (Wildman–Crippen MR) is 76.1 cm³/mol. The molecular weight excluding hydrogens is 254 g/mol. The van der Waals surface area contributed by atoms with Crippen LogP contribution in [0.4, 0.5) is 4.79 Å². The van der Waals surface area contributed by atoms with Gasteiger partial charge >= 0.3 is 6.16 Å². The van der Waals surface area contributed by atoms with E-state index in [9.17, 15) is 4.79 Å². The van der Waals surface area contributed by atoms with Gasteiger partial charge in [0, 0.05) is 18.2 Å². The van der Waals surface area contributed by atoms with E-state index in [2.05, 4.69) is 40.9 Å². The van der Waals surface area contributed by atoms with Crippen molar-refractivity contribution in [3.8, 4) is 5.88 Å². The van der Waals surface area contributed by atoms with E-state index in [4.69, 9.17) is 5.11 Å². The van der Waals surface area contributed by atoms with Crippen LogP contribution in [0.2, 0.25) is 0 Å². The van der Waals surface area contributed by atoms with Crippen molar-refractivity contribution in [3.63, 3.8) is 0 Å². The molecule has 0 unspecified atom stereocenters. The largest absolute Gasteiger partial charge is 0.512 e. The second kappa shape index (κ2) is 6.70. The fourth-order valence-electron chi connectivity index (χ4n) is 2.07. The normalized spacial score (nSPS) is 10.2. The van der Waals surface area contributed by atoms with Gasteiger partial charge in [0.25, 0.3) is 0 Å². The first-order chi connectivity index (χ1) is 9.69. The fourth-order valence-corrected chi connectivity index (χ4v) is 2.07. The van der Waals surface area contributed by atoms with Gasteiger partial charge in [-0.1, -0.05) is 43.7 Å². The van der Waals surface area contributed by atoms with Crippen molar-refractivity contribution in [3.05, 3.63) is 59.3 Å². The number of nitrogens with zero attached hydrogens (tertiary/aromatic N) is 1. The third-order valence-electron chi connectivity index (χ3n) is 2.99. The first-order valence-corrected chi connectivity index (χ1v) is 6.61. The van der Waals surface area contributed by atoms with Gasteiger partial charge in [0.2, 0.25) is 5.88 Å². The molecule has 1 aromatic carbocycles. The Labute approximate surface area is 118 Å². The number of carboxylic acid groups (broad SMARTS) is 1. The van der Waals surface area contributed by atoms with E-state index < -0.39 is 6.16 Å². The SMILES string of the molecule is CCCc1ccc(Cc2cccnc2OC(=O)O)cc1. The standard InChI is InChI=1S/C16H17NO3/c1-2-4-12-6-8-13(9-7-12)11-14-5-3-10-17-15(14)20-16(18)19/h3,5-10H,2,4,11H2,1H3,(H,18,19). The second-order valence-electron chi connectivity index (χ2n) is 4.58. The maximum absolute atomic E-state index is 10.6. The Kier molecular flexibility index (Phi) is 4.71. The van der Waals surface area contributed by atoms with Gasteiger partial charge in [-0.3, -0.25) is 0 Å². The summed E-state index contributed by atoms with van der Waals surface area (Å²) in [5, 5.41) is 8.69. The molecule has 4 nitrogen and oxygen atoms in total. The molecular formula is C16H17NO3. The van der Waals surface area contributed by atoms with Crippen molar-refractivity contribution in [2.75, 3.05) is 0 Å². The number of pyridine rings is 1. The van der Waals surface area contributed by atoms with Gasteiger partial charge in [-0.15, -0.1) is 0 Å². The highest BCUT2D eigenvalue weighted by Crippen LogP contribution is 2.19. The van der Waals surface area contributed by atoms with Crippen LogP contribution in [-0.4, -0.2) is 16.2 Å². The van der Waals surface area contributed by atoms with Crippen LogP contribution in [0, 0.1) is 0 Å². The molecule has 20 heavy (non-hydrogen) atoms. The topological polar surface area (TPSA) is 59.4 Å². The van der Waals surface area contributed by atoms with Crippen LogP contribution in [0.15, 0.2) is 42.6 Å². The molecule has 0 bridgehead atoms. The van der Waals surface area contributed by atoms with Crippen molar-refractivity contribution < 1.29 is 14.6 Å². The summed E-state index contributed by atoms with van der Waals surface area (Å²) < 4.78 is 4.69. The van der Waals surface area contributed by atoms with Crippen molar-refractivity contribution in [2.24, 2.45) is 0 Å². The molecule has 0 aliphatic carbocycles. The number of carbonyl (C=O) groups is 1. The molecule has 0 fully saturated rings. The number of hydrogen-bond acceptors (Lipinski definition) is 3. The number of hydrogen-bond donors (Lipinski definition) is 1. The second-order valence-corrected chi connectivity index (χ2v) is 4.58. The van der Waals surface area contributed by atoms with Gasteiger partial charge in [0.15, 0.2) is 0 Å². The minimum Gasteiger partial charge on any atom is -0.449 e. The van der Waals surface area contributed by atoms with Gasteiger partial charge in [-0.25, -0.2) is 9.78 Å². The van der Waals surface area contributed by atoms with Crippen LogP contribution >= 0.6 is 0 Å². The third kappa shape index (κ3) is 3.82. The summed E-state index contributed by atoms with van der Waals surface area (Å²) in [6.45, 7) is 2.15. The molecule has 2 rings (SSSR count). The lowest BCUT2D eigenvalue weighted by molar-refractivity contribution is 0.142. The summed E-state index contributed by atoms with van der Waals surface area (Å²) in [7, 11) is 0. The lowest BCUT2D eigenvalue weighted by atomic mass is 10.0. The van der Waals surface area contributed by atoms with E-state index >= 15 is 0 Å². The molecule has 0 radical (unpaired) electrons. The summed E-state index contributed by atoms with van der Waals surface area (Å²) in [6, 6.07) is 11.9. The molecule has 4 heteroatoms. The predicted octanol–water partition coefficient (Wildman–Crippen LogP) is 3.68. The molecule has 0 aliphatic heterocycles. The number of aromatic nitrogens is 1. The number of ether oxygens (including phenoxy) is 1. The average molecular weight is 271 g/mol. The van der Waals surface area contributed by atoms with Gasteiger partial charge in [-0.2, -0.15) is 0 Å². The quantitative estimate of drug-likeness (QED) is 0.843. The van der Waals surface area contributed by atoms with Crippen LogP contribution in [0.3, 0.4) is 0 Å². The summed E-state index contributed by atoms with van der Waals surface area (Å²) in [4.78, 5) is 14.6. The highest BCUT2D eigenvalue weighted by atomic mass is 16.7. The van der Waals surface area contributed by atoms with Crippen molar-refractivity contribution in [2.45, 2.75) is 26.2 Å². The number of benzene rings is 1. The Bertz CT molecular complexity index is 579. The molecule has 0 saturated heterocycles. The van der Waals surface area contributed by atoms with E-state index in [1.807, 2.05) is 6.07 Å². The van der Waals surface area contributed by atoms with Crippen LogP contribution < -0.4 is 4.74 Å². The molecule has 2 aromatic rings. The van der Waals surface area contributed by atoms with Gasteiger partial charge in [-0.05, 0) is 23.6 Å². The monoisotopic (exact) mass is 271 g/mol. The first-order valence-electron chi connectivity index (χ1n) is 6.61. The van der Waals surface area contributed by atoms with Gasteiger partial charge < -0.3 is 9.84 Å². The minimum absolute atomic E-state index is 0.151. The van der Waals surface area contributed by atoms with Gasteiger partial charge in [0.05, 0.1) is 0 Å². The van der Waals surface area contributed by atoms with E-state index in [0.717, 1.165) is 24.0 Å². The van der Waals surface area contributed by atoms with E-state index in [0.29, 0.717) is 6.42 Å². The molecule has 0 aliphatic rings. The number of aryl methyl sites for hydroxylation is 1. The molecule has 0 saturated carbocycles. The zero-order chi connectivity index (χ0) is 14.4. The Morgan fingerprint density at radius 3 is 2.55 bits per heavy atom. The fraction of sp³-hybridized carbons (Fsp3) is 0.250. The van der Waals surface area contributed by atoms with Crippen LogP contribution in [0.5, 0.6) is 5.88 Å². The molecule has 1 aromatic heterocycles. The molecule has 0 spiro atoms. The highest BCUT2D eigenvalue weighted by molar-refractivity contribution is 5.61. The average Bonchev–Trinajstić information content (AvgIpc) is 2.43. The highest BCUT2D eigenvalue weighted by Gasteiger charge is 2.09. The van der Waals surface area contributed by atoms with Gasteiger partial charge in [0.1, 0.15) is 0 Å². The Balaban J connectivity index is 2.15. The van der Waals surface area contributed by atoms with Crippen molar-refractivity contribution >= 4 is 6.16 Å². The zero-order valence-corrected chi connectivity index (χ0v) is 11.4. The van der Waals surface area contributed by atoms with Crippen LogP contribution in [0.25, 0.3) is 0 Å². The molecule has 0 atom stereocenters. The first kappa shape index (κ1) is 14.1. The summed E-state index contributed by atoms with van der Waals surface area (Å²) in [5.74, 6) is 0.151. The zero-order valence-electron chi connectivity index (χ0n) is 11.4. The smallest absolute Gasteiger partial charge is 0.449 e. The Morgan fingerprint density at radius 1 is 1.20 bits per heavy atom. The van der Waals surface area contributed by atoms with E-state index in [1.54, 1.807) is 6.07 Å².